The van der Waals surface area contributed by atoms with Crippen molar-refractivity contribution in [2.75, 3.05) is 14.2 Å². The van der Waals surface area contributed by atoms with Crippen LogP contribution in [0.15, 0.2) is 36.5 Å². The Kier molecular flexibility index (Phi) is 3.67. The minimum absolute atomic E-state index is 0.477. The molecule has 0 N–H and O–H groups in total. The fraction of sp³-hybridized carbons (Fsp3) is 0.231. The molecule has 0 fully saturated rings. The fourth-order valence-corrected chi connectivity index (χ4v) is 1.58. The van der Waals surface area contributed by atoms with Crippen LogP contribution in [-0.4, -0.2) is 24.2 Å². The topological polar surface area (TPSA) is 44.2 Å². The van der Waals surface area contributed by atoms with Crippen molar-refractivity contribution in [3.8, 4) is 17.1 Å². The molecule has 0 unspecified atom stereocenters. The molecule has 1 aromatic heterocycles. The molecule has 1 heterocycles. The SMILES string of the molecule is COCc1ccnc(-c2ccccc2OC)n1. The Morgan fingerprint density at radius 3 is 2.71 bits per heavy atom. The van der Waals surface area contributed by atoms with E-state index in [-0.39, 0.29) is 0 Å². The van der Waals surface area contributed by atoms with Crippen LogP contribution in [-0.2, 0) is 11.3 Å². The van der Waals surface area contributed by atoms with E-state index >= 15 is 0 Å². The molecule has 0 saturated heterocycles. The van der Waals surface area contributed by atoms with Crippen LogP contribution in [0.4, 0.5) is 0 Å². The van der Waals surface area contributed by atoms with Gasteiger partial charge in [-0.05, 0) is 18.2 Å². The molecule has 0 aliphatic heterocycles. The van der Waals surface area contributed by atoms with Crippen molar-refractivity contribution in [2.45, 2.75) is 6.61 Å². The minimum Gasteiger partial charge on any atom is -0.496 e. The maximum atomic E-state index is 5.29. The molecule has 88 valence electrons. The number of ether oxygens (including phenoxy) is 2. The summed E-state index contributed by atoms with van der Waals surface area (Å²) in [5.41, 5.74) is 1.73. The zero-order valence-corrected chi connectivity index (χ0v) is 9.88. The minimum atomic E-state index is 0.477. The maximum Gasteiger partial charge on any atom is 0.163 e. The largest absolute Gasteiger partial charge is 0.496 e. The maximum absolute atomic E-state index is 5.29. The van der Waals surface area contributed by atoms with Gasteiger partial charge in [0.25, 0.3) is 0 Å². The van der Waals surface area contributed by atoms with Crippen LogP contribution in [0.25, 0.3) is 11.4 Å². The van der Waals surface area contributed by atoms with Gasteiger partial charge in [-0.25, -0.2) is 9.97 Å². The standard InChI is InChI=1S/C13H14N2O2/c1-16-9-10-7-8-14-13(15-10)11-5-3-4-6-12(11)17-2/h3-8H,9H2,1-2H3. The van der Waals surface area contributed by atoms with Crippen LogP contribution in [0, 0.1) is 0 Å². The highest BCUT2D eigenvalue weighted by Crippen LogP contribution is 2.26. The highest BCUT2D eigenvalue weighted by atomic mass is 16.5. The van der Waals surface area contributed by atoms with Crippen molar-refractivity contribution < 1.29 is 9.47 Å². The van der Waals surface area contributed by atoms with E-state index in [0.29, 0.717) is 12.4 Å². The molecule has 1 aromatic carbocycles. The van der Waals surface area contributed by atoms with Crippen molar-refractivity contribution in [3.63, 3.8) is 0 Å². The summed E-state index contributed by atoms with van der Waals surface area (Å²) in [4.78, 5) is 8.68. The first-order valence-electron chi connectivity index (χ1n) is 5.29. The molecule has 0 bridgehead atoms. The van der Waals surface area contributed by atoms with Crippen molar-refractivity contribution in [2.24, 2.45) is 0 Å². The Labute approximate surface area is 100 Å². The molecule has 0 atom stereocenters. The molecular formula is C13H14N2O2. The quantitative estimate of drug-likeness (QED) is 0.808. The summed E-state index contributed by atoms with van der Waals surface area (Å²) < 4.78 is 10.3. The van der Waals surface area contributed by atoms with E-state index in [9.17, 15) is 0 Å². The second-order valence-electron chi connectivity index (χ2n) is 3.50. The first-order valence-corrected chi connectivity index (χ1v) is 5.29. The Bertz CT molecular complexity index is 500. The summed E-state index contributed by atoms with van der Waals surface area (Å²) in [7, 11) is 3.28. The molecule has 2 rings (SSSR count). The molecule has 0 spiro atoms. The zero-order valence-electron chi connectivity index (χ0n) is 9.88. The van der Waals surface area contributed by atoms with Crippen molar-refractivity contribution >= 4 is 0 Å². The van der Waals surface area contributed by atoms with Gasteiger partial charge in [0.15, 0.2) is 5.82 Å². The number of methoxy groups -OCH3 is 2. The summed E-state index contributed by atoms with van der Waals surface area (Å²) >= 11 is 0. The fourth-order valence-electron chi connectivity index (χ4n) is 1.58. The normalized spacial score (nSPS) is 10.2. The lowest BCUT2D eigenvalue weighted by molar-refractivity contribution is 0.181. The molecule has 4 heteroatoms. The van der Waals surface area contributed by atoms with Crippen LogP contribution in [0.3, 0.4) is 0 Å². The summed E-state index contributed by atoms with van der Waals surface area (Å²) in [5, 5.41) is 0. The summed E-state index contributed by atoms with van der Waals surface area (Å²) in [6.45, 7) is 0.477. The second kappa shape index (κ2) is 5.41. The highest BCUT2D eigenvalue weighted by Gasteiger charge is 2.08. The lowest BCUT2D eigenvalue weighted by Crippen LogP contribution is -1.97. The molecule has 2 aromatic rings. The number of rotatable bonds is 4. The Hall–Kier alpha value is -1.94. The molecule has 0 aliphatic carbocycles. The van der Waals surface area contributed by atoms with E-state index in [1.54, 1.807) is 20.4 Å². The van der Waals surface area contributed by atoms with Crippen LogP contribution < -0.4 is 4.74 Å². The van der Waals surface area contributed by atoms with Gasteiger partial charge in [-0.3, -0.25) is 0 Å². The van der Waals surface area contributed by atoms with Gasteiger partial charge < -0.3 is 9.47 Å². The third kappa shape index (κ3) is 2.60. The van der Waals surface area contributed by atoms with Gasteiger partial charge >= 0.3 is 0 Å². The van der Waals surface area contributed by atoms with E-state index in [0.717, 1.165) is 17.0 Å². The molecule has 0 saturated carbocycles. The van der Waals surface area contributed by atoms with Gasteiger partial charge in [0.2, 0.25) is 0 Å². The number of aromatic nitrogens is 2. The molecule has 4 nitrogen and oxygen atoms in total. The predicted molar refractivity (Wildman–Crippen MR) is 64.7 cm³/mol. The third-order valence-corrected chi connectivity index (χ3v) is 2.35. The summed E-state index contributed by atoms with van der Waals surface area (Å²) in [5.74, 6) is 1.42. The van der Waals surface area contributed by atoms with Crippen LogP contribution in [0.5, 0.6) is 5.75 Å². The van der Waals surface area contributed by atoms with Crippen LogP contribution in [0.2, 0.25) is 0 Å². The van der Waals surface area contributed by atoms with Crippen molar-refractivity contribution in [3.05, 3.63) is 42.2 Å². The van der Waals surface area contributed by atoms with Crippen LogP contribution >= 0.6 is 0 Å². The number of hydrogen-bond donors (Lipinski definition) is 0. The first-order chi connectivity index (χ1) is 8.35. The van der Waals surface area contributed by atoms with Gasteiger partial charge in [-0.1, -0.05) is 12.1 Å². The molecule has 0 aliphatic rings. The lowest BCUT2D eigenvalue weighted by atomic mass is 10.2. The first kappa shape index (κ1) is 11.5. The average molecular weight is 230 g/mol. The van der Waals surface area contributed by atoms with Crippen LogP contribution in [0.1, 0.15) is 5.69 Å². The smallest absolute Gasteiger partial charge is 0.163 e. The molecular weight excluding hydrogens is 216 g/mol. The van der Waals surface area contributed by atoms with Gasteiger partial charge in [-0.2, -0.15) is 0 Å². The van der Waals surface area contributed by atoms with E-state index in [2.05, 4.69) is 9.97 Å². The van der Waals surface area contributed by atoms with E-state index in [4.69, 9.17) is 9.47 Å². The van der Waals surface area contributed by atoms with Crippen molar-refractivity contribution in [1.82, 2.24) is 9.97 Å². The van der Waals surface area contributed by atoms with Gasteiger partial charge in [-0.15, -0.1) is 0 Å². The Balaban J connectivity index is 2.41. The summed E-state index contributed by atoms with van der Waals surface area (Å²) in [6, 6.07) is 9.51. The third-order valence-electron chi connectivity index (χ3n) is 2.35. The Morgan fingerprint density at radius 1 is 1.12 bits per heavy atom. The summed E-state index contributed by atoms with van der Waals surface area (Å²) in [6.07, 6.45) is 1.73. The predicted octanol–water partition coefficient (Wildman–Crippen LogP) is 2.30. The number of hydrogen-bond acceptors (Lipinski definition) is 4. The molecule has 0 radical (unpaired) electrons. The zero-order chi connectivity index (χ0) is 12.1. The van der Waals surface area contributed by atoms with Crippen molar-refractivity contribution in [1.29, 1.82) is 0 Å². The highest BCUT2D eigenvalue weighted by molar-refractivity contribution is 5.63. The van der Waals surface area contributed by atoms with Gasteiger partial charge in [0.05, 0.1) is 25.0 Å². The Morgan fingerprint density at radius 2 is 1.94 bits per heavy atom. The second-order valence-corrected chi connectivity index (χ2v) is 3.50. The molecule has 0 amide bonds. The average Bonchev–Trinajstić information content (AvgIpc) is 2.39. The van der Waals surface area contributed by atoms with Gasteiger partial charge in [0, 0.05) is 13.3 Å². The number of para-hydroxylation sites is 1. The van der Waals surface area contributed by atoms with E-state index in [1.807, 2.05) is 30.3 Å². The lowest BCUT2D eigenvalue weighted by Gasteiger charge is -2.07. The monoisotopic (exact) mass is 230 g/mol. The number of nitrogens with zero attached hydrogens (tertiary/aromatic N) is 2. The molecule has 17 heavy (non-hydrogen) atoms. The van der Waals surface area contributed by atoms with Gasteiger partial charge in [0.1, 0.15) is 5.75 Å². The van der Waals surface area contributed by atoms with E-state index < -0.39 is 0 Å². The number of benzene rings is 1. The van der Waals surface area contributed by atoms with E-state index in [1.165, 1.54) is 0 Å².